The molecule has 6 nitrogen and oxygen atoms in total. The number of carbonyl (C=O) groups is 1. The smallest absolute Gasteiger partial charge is 0.315 e. The van der Waals surface area contributed by atoms with Gasteiger partial charge in [-0.1, -0.05) is 12.1 Å². The van der Waals surface area contributed by atoms with Crippen LogP contribution in [0.3, 0.4) is 0 Å². The van der Waals surface area contributed by atoms with Gasteiger partial charge < -0.3 is 10.6 Å². The van der Waals surface area contributed by atoms with Gasteiger partial charge in [0.25, 0.3) is 0 Å². The molecule has 2 heterocycles. The molecule has 0 unspecified atom stereocenters. The molecule has 0 saturated heterocycles. The van der Waals surface area contributed by atoms with Gasteiger partial charge in [0.1, 0.15) is 5.69 Å². The van der Waals surface area contributed by atoms with E-state index in [2.05, 4.69) is 22.2 Å². The van der Waals surface area contributed by atoms with Gasteiger partial charge in [-0.05, 0) is 37.8 Å². The zero-order valence-electron chi connectivity index (χ0n) is 13.8. The number of amides is 2. The monoisotopic (exact) mass is 325 g/mol. The molecule has 2 aromatic rings. The minimum atomic E-state index is -0.180. The van der Waals surface area contributed by atoms with Gasteiger partial charge in [0.2, 0.25) is 0 Å². The zero-order valence-corrected chi connectivity index (χ0v) is 13.8. The van der Waals surface area contributed by atoms with E-state index < -0.39 is 0 Å². The Hall–Kier alpha value is -2.63. The summed E-state index contributed by atoms with van der Waals surface area (Å²) >= 11 is 0. The van der Waals surface area contributed by atoms with Crippen LogP contribution in [0.4, 0.5) is 4.79 Å². The van der Waals surface area contributed by atoms with Crippen molar-refractivity contribution in [3.05, 3.63) is 48.3 Å². The van der Waals surface area contributed by atoms with E-state index in [1.165, 1.54) is 24.1 Å². The Balaban J connectivity index is 1.73. The molecule has 2 aromatic heterocycles. The van der Waals surface area contributed by atoms with Gasteiger partial charge in [-0.15, -0.1) is 6.58 Å². The summed E-state index contributed by atoms with van der Waals surface area (Å²) in [6.45, 7) is 5.25. The van der Waals surface area contributed by atoms with E-state index in [9.17, 15) is 4.79 Å². The Labute approximate surface area is 142 Å². The van der Waals surface area contributed by atoms with Gasteiger partial charge in [-0.2, -0.15) is 5.10 Å². The summed E-state index contributed by atoms with van der Waals surface area (Å²) < 4.78 is 2.03. The van der Waals surface area contributed by atoms with Crippen molar-refractivity contribution in [1.82, 2.24) is 25.4 Å². The lowest BCUT2D eigenvalue weighted by Crippen LogP contribution is -2.37. The highest BCUT2D eigenvalue weighted by Crippen LogP contribution is 2.30. The fourth-order valence-corrected chi connectivity index (χ4v) is 3.07. The molecule has 0 fully saturated rings. The van der Waals surface area contributed by atoms with E-state index in [0.717, 1.165) is 24.2 Å². The molecular formula is C18H23N5O. The summed E-state index contributed by atoms with van der Waals surface area (Å²) in [6, 6.07) is 5.73. The summed E-state index contributed by atoms with van der Waals surface area (Å²) in [5.74, 6) is 0. The lowest BCUT2D eigenvalue weighted by Gasteiger charge is -2.14. The van der Waals surface area contributed by atoms with Crippen LogP contribution in [0.25, 0.3) is 11.4 Å². The molecule has 1 aliphatic rings. The molecule has 2 amide bonds. The van der Waals surface area contributed by atoms with E-state index >= 15 is 0 Å². The van der Waals surface area contributed by atoms with Crippen LogP contribution in [0.1, 0.15) is 24.1 Å². The molecule has 0 spiro atoms. The standard InChI is InChI=1S/C18H23N5O/c1-2-10-20-18(24)21-12-13-23-16-9-4-3-7-14(16)17(22-23)15-8-5-6-11-19-15/h2,5-6,8,11H,1,3-4,7,9-10,12-13H2,(H2,20,21,24). The number of pyridine rings is 1. The fourth-order valence-electron chi connectivity index (χ4n) is 3.07. The highest BCUT2D eigenvalue weighted by Gasteiger charge is 2.22. The number of rotatable bonds is 6. The first-order chi connectivity index (χ1) is 11.8. The van der Waals surface area contributed by atoms with Gasteiger partial charge in [-0.25, -0.2) is 4.79 Å². The molecule has 0 saturated carbocycles. The molecule has 0 bridgehead atoms. The zero-order chi connectivity index (χ0) is 16.8. The molecule has 126 valence electrons. The maximum absolute atomic E-state index is 11.6. The molecule has 0 aliphatic heterocycles. The number of nitrogens with one attached hydrogen (secondary N) is 2. The Kier molecular flexibility index (Phi) is 5.25. The van der Waals surface area contributed by atoms with Gasteiger partial charge in [0.05, 0.1) is 12.2 Å². The molecule has 24 heavy (non-hydrogen) atoms. The number of nitrogens with zero attached hydrogens (tertiary/aromatic N) is 3. The van der Waals surface area contributed by atoms with Crippen molar-refractivity contribution in [3.63, 3.8) is 0 Å². The number of fused-ring (bicyclic) bond motifs is 1. The van der Waals surface area contributed by atoms with Crippen LogP contribution in [0.5, 0.6) is 0 Å². The lowest BCUT2D eigenvalue weighted by atomic mass is 9.95. The third-order valence-electron chi connectivity index (χ3n) is 4.18. The van der Waals surface area contributed by atoms with Crippen molar-refractivity contribution in [3.8, 4) is 11.4 Å². The first-order valence-electron chi connectivity index (χ1n) is 8.42. The molecule has 0 atom stereocenters. The summed E-state index contributed by atoms with van der Waals surface area (Å²) in [6.07, 6.45) is 7.93. The number of hydrogen-bond donors (Lipinski definition) is 2. The van der Waals surface area contributed by atoms with Crippen LogP contribution in [-0.2, 0) is 19.4 Å². The minimum absolute atomic E-state index is 0.180. The number of carbonyl (C=O) groups excluding carboxylic acids is 1. The van der Waals surface area contributed by atoms with Crippen LogP contribution in [0, 0.1) is 0 Å². The van der Waals surface area contributed by atoms with Crippen LogP contribution >= 0.6 is 0 Å². The van der Waals surface area contributed by atoms with Crippen LogP contribution in [-0.4, -0.2) is 33.9 Å². The molecule has 3 rings (SSSR count). The third kappa shape index (κ3) is 3.64. The lowest BCUT2D eigenvalue weighted by molar-refractivity contribution is 0.241. The first kappa shape index (κ1) is 16.2. The summed E-state index contributed by atoms with van der Waals surface area (Å²) in [7, 11) is 0. The van der Waals surface area contributed by atoms with Crippen LogP contribution in [0.2, 0.25) is 0 Å². The average molecular weight is 325 g/mol. The topological polar surface area (TPSA) is 71.8 Å². The number of aromatic nitrogens is 3. The molecule has 0 radical (unpaired) electrons. The highest BCUT2D eigenvalue weighted by atomic mass is 16.2. The molecule has 2 N–H and O–H groups in total. The predicted octanol–water partition coefficient (Wildman–Crippen LogP) is 2.31. The summed E-state index contributed by atoms with van der Waals surface area (Å²) in [5.41, 5.74) is 4.51. The van der Waals surface area contributed by atoms with Crippen molar-refractivity contribution >= 4 is 6.03 Å². The van der Waals surface area contributed by atoms with Crippen LogP contribution in [0.15, 0.2) is 37.1 Å². The molecule has 0 aromatic carbocycles. The average Bonchev–Trinajstić information content (AvgIpc) is 3.00. The molecule has 1 aliphatic carbocycles. The first-order valence-corrected chi connectivity index (χ1v) is 8.42. The van der Waals surface area contributed by atoms with E-state index in [1.54, 1.807) is 12.3 Å². The Bertz CT molecular complexity index is 708. The molecular weight excluding hydrogens is 302 g/mol. The van der Waals surface area contributed by atoms with Gasteiger partial charge in [0, 0.05) is 30.5 Å². The number of urea groups is 1. The van der Waals surface area contributed by atoms with Gasteiger partial charge in [0.15, 0.2) is 0 Å². The van der Waals surface area contributed by atoms with Gasteiger partial charge >= 0.3 is 6.03 Å². The Morgan fingerprint density at radius 3 is 2.96 bits per heavy atom. The van der Waals surface area contributed by atoms with E-state index in [1.807, 2.05) is 22.9 Å². The minimum Gasteiger partial charge on any atom is -0.336 e. The van der Waals surface area contributed by atoms with Crippen molar-refractivity contribution in [1.29, 1.82) is 0 Å². The van der Waals surface area contributed by atoms with Crippen LogP contribution < -0.4 is 10.6 Å². The fraction of sp³-hybridized carbons (Fsp3) is 0.389. The highest BCUT2D eigenvalue weighted by molar-refractivity contribution is 5.73. The Morgan fingerprint density at radius 2 is 2.17 bits per heavy atom. The normalized spacial score (nSPS) is 13.2. The third-order valence-corrected chi connectivity index (χ3v) is 4.18. The second-order valence-corrected chi connectivity index (χ2v) is 5.84. The quantitative estimate of drug-likeness (QED) is 0.801. The maximum atomic E-state index is 11.6. The SMILES string of the molecule is C=CCNC(=O)NCCn1nc(-c2ccccn2)c2c1CCCC2. The second kappa shape index (κ2) is 7.77. The van der Waals surface area contributed by atoms with Crippen molar-refractivity contribution in [2.45, 2.75) is 32.2 Å². The second-order valence-electron chi connectivity index (χ2n) is 5.84. The van der Waals surface area contributed by atoms with Crippen molar-refractivity contribution < 1.29 is 4.79 Å². The largest absolute Gasteiger partial charge is 0.336 e. The van der Waals surface area contributed by atoms with Crippen molar-refractivity contribution in [2.24, 2.45) is 0 Å². The summed E-state index contributed by atoms with van der Waals surface area (Å²) in [4.78, 5) is 16.0. The van der Waals surface area contributed by atoms with Crippen molar-refractivity contribution in [2.75, 3.05) is 13.1 Å². The predicted molar refractivity (Wildman–Crippen MR) is 93.7 cm³/mol. The molecule has 6 heteroatoms. The number of hydrogen-bond acceptors (Lipinski definition) is 3. The van der Waals surface area contributed by atoms with Gasteiger partial charge in [-0.3, -0.25) is 9.67 Å². The van der Waals surface area contributed by atoms with E-state index in [0.29, 0.717) is 19.6 Å². The Morgan fingerprint density at radius 1 is 1.29 bits per heavy atom. The maximum Gasteiger partial charge on any atom is 0.315 e. The van der Waals surface area contributed by atoms with E-state index in [-0.39, 0.29) is 6.03 Å². The summed E-state index contributed by atoms with van der Waals surface area (Å²) in [5, 5.41) is 10.3. The van der Waals surface area contributed by atoms with E-state index in [4.69, 9.17) is 5.10 Å².